The zero-order chi connectivity index (χ0) is 8.65. The Hall–Kier alpha value is -0.630. The van der Waals surface area contributed by atoms with Crippen molar-refractivity contribution in [2.24, 2.45) is 5.41 Å². The van der Waals surface area contributed by atoms with E-state index < -0.39 is 0 Å². The first-order chi connectivity index (χ1) is 4.99. The van der Waals surface area contributed by atoms with Crippen molar-refractivity contribution in [2.45, 2.75) is 27.2 Å². The molecule has 0 radical (unpaired) electrons. The van der Waals surface area contributed by atoms with Crippen LogP contribution in [0.5, 0.6) is 0 Å². The number of Topliss-reactive ketones (excluding diaryl/α,β-unsaturated/α-hetero) is 1. The molecule has 0 spiro atoms. The average Bonchev–Trinajstić information content (AvgIpc) is 2.03. The number of carbonyl (C=O) groups excluding carboxylic acids is 1. The van der Waals surface area contributed by atoms with Crippen LogP contribution in [0.15, 0.2) is 11.1 Å². The number of ketones is 1. The third-order valence-corrected chi connectivity index (χ3v) is 2.45. The van der Waals surface area contributed by atoms with Crippen LogP contribution in [0, 0.1) is 5.41 Å². The summed E-state index contributed by atoms with van der Waals surface area (Å²) in [6, 6.07) is 0. The predicted molar refractivity (Wildman–Crippen MR) is 43.2 cm³/mol. The molecular formula is C9H14O2. The summed E-state index contributed by atoms with van der Waals surface area (Å²) in [5, 5.41) is 8.98. The lowest BCUT2D eigenvalue weighted by atomic mass is 9.86. The quantitative estimate of drug-likeness (QED) is 0.618. The van der Waals surface area contributed by atoms with Gasteiger partial charge in [-0.2, -0.15) is 0 Å². The maximum absolute atomic E-state index is 11.2. The minimum Gasteiger partial charge on any atom is -0.392 e. The van der Waals surface area contributed by atoms with Crippen molar-refractivity contribution in [3.63, 3.8) is 0 Å². The lowest BCUT2D eigenvalue weighted by Crippen LogP contribution is -2.13. The van der Waals surface area contributed by atoms with Crippen molar-refractivity contribution in [2.75, 3.05) is 6.61 Å². The number of hydrogen-bond acceptors (Lipinski definition) is 2. The smallest absolute Gasteiger partial charge is 0.159 e. The molecule has 0 aromatic rings. The summed E-state index contributed by atoms with van der Waals surface area (Å²) in [5.41, 5.74) is 1.55. The van der Waals surface area contributed by atoms with Gasteiger partial charge in [-0.1, -0.05) is 13.8 Å². The molecule has 0 aromatic carbocycles. The van der Waals surface area contributed by atoms with Crippen LogP contribution in [0.2, 0.25) is 0 Å². The van der Waals surface area contributed by atoms with Crippen molar-refractivity contribution in [1.82, 2.24) is 0 Å². The molecule has 0 aromatic heterocycles. The fraction of sp³-hybridized carbons (Fsp3) is 0.667. The van der Waals surface area contributed by atoms with Crippen LogP contribution in [-0.4, -0.2) is 17.5 Å². The van der Waals surface area contributed by atoms with Gasteiger partial charge in [0.05, 0.1) is 6.61 Å². The summed E-state index contributed by atoms with van der Waals surface area (Å²) in [6.07, 6.45) is 0.550. The maximum Gasteiger partial charge on any atom is 0.159 e. The summed E-state index contributed by atoms with van der Waals surface area (Å²) in [6.45, 7) is 5.80. The second-order valence-electron chi connectivity index (χ2n) is 3.75. The summed E-state index contributed by atoms with van der Waals surface area (Å²) < 4.78 is 0. The first-order valence-electron chi connectivity index (χ1n) is 3.83. The molecular weight excluding hydrogens is 140 g/mol. The summed E-state index contributed by atoms with van der Waals surface area (Å²) in [4.78, 5) is 11.2. The molecule has 0 bridgehead atoms. The molecule has 0 saturated carbocycles. The zero-order valence-electron chi connectivity index (χ0n) is 7.27. The number of hydrogen-bond donors (Lipinski definition) is 1. The molecule has 11 heavy (non-hydrogen) atoms. The number of rotatable bonds is 1. The molecule has 2 heteroatoms. The van der Waals surface area contributed by atoms with Crippen LogP contribution in [0.1, 0.15) is 27.2 Å². The van der Waals surface area contributed by atoms with E-state index in [1.54, 1.807) is 6.92 Å². The van der Waals surface area contributed by atoms with Gasteiger partial charge in [-0.15, -0.1) is 0 Å². The fourth-order valence-electron chi connectivity index (χ4n) is 1.65. The molecule has 0 saturated heterocycles. The number of aliphatic hydroxyl groups excluding tert-OH is 1. The molecule has 1 aliphatic rings. The highest BCUT2D eigenvalue weighted by molar-refractivity contribution is 5.99. The lowest BCUT2D eigenvalue weighted by molar-refractivity contribution is -0.115. The molecule has 0 atom stereocenters. The molecule has 2 nitrogen and oxygen atoms in total. The van der Waals surface area contributed by atoms with Gasteiger partial charge in [-0.25, -0.2) is 0 Å². The van der Waals surface area contributed by atoms with E-state index in [4.69, 9.17) is 5.11 Å². The summed E-state index contributed by atoms with van der Waals surface area (Å²) in [5.74, 6) is 0.180. The molecule has 62 valence electrons. The molecule has 0 aliphatic heterocycles. The maximum atomic E-state index is 11.2. The molecule has 0 heterocycles. The molecule has 1 N–H and O–H groups in total. The SMILES string of the molecule is CC1=C(CO)C(C)(C)CC1=O. The predicted octanol–water partition coefficient (Wildman–Crippen LogP) is 1.29. The topological polar surface area (TPSA) is 37.3 Å². The minimum atomic E-state index is -0.115. The highest BCUT2D eigenvalue weighted by Gasteiger charge is 2.35. The van der Waals surface area contributed by atoms with Gasteiger partial charge in [0, 0.05) is 6.42 Å². The van der Waals surface area contributed by atoms with Gasteiger partial charge in [0.25, 0.3) is 0 Å². The zero-order valence-corrected chi connectivity index (χ0v) is 7.27. The Bertz CT molecular complexity index is 224. The average molecular weight is 154 g/mol. The van der Waals surface area contributed by atoms with E-state index in [0.29, 0.717) is 6.42 Å². The molecule has 1 rings (SSSR count). The highest BCUT2D eigenvalue weighted by atomic mass is 16.3. The van der Waals surface area contributed by atoms with Crippen LogP contribution < -0.4 is 0 Å². The largest absolute Gasteiger partial charge is 0.392 e. The van der Waals surface area contributed by atoms with E-state index in [2.05, 4.69) is 0 Å². The van der Waals surface area contributed by atoms with Crippen LogP contribution >= 0.6 is 0 Å². The van der Waals surface area contributed by atoms with E-state index in [1.807, 2.05) is 13.8 Å². The Morgan fingerprint density at radius 1 is 1.55 bits per heavy atom. The van der Waals surface area contributed by atoms with Crippen LogP contribution in [0.25, 0.3) is 0 Å². The second kappa shape index (κ2) is 2.45. The van der Waals surface area contributed by atoms with Gasteiger partial charge >= 0.3 is 0 Å². The van der Waals surface area contributed by atoms with Gasteiger partial charge < -0.3 is 5.11 Å². The van der Waals surface area contributed by atoms with E-state index in [1.165, 1.54) is 0 Å². The molecule has 1 aliphatic carbocycles. The number of carbonyl (C=O) groups is 1. The van der Waals surface area contributed by atoms with Crippen LogP contribution in [-0.2, 0) is 4.79 Å². The van der Waals surface area contributed by atoms with Crippen molar-refractivity contribution in [3.8, 4) is 0 Å². The summed E-state index contributed by atoms with van der Waals surface area (Å²) >= 11 is 0. The van der Waals surface area contributed by atoms with E-state index in [9.17, 15) is 4.79 Å². The van der Waals surface area contributed by atoms with Gasteiger partial charge in [0.2, 0.25) is 0 Å². The van der Waals surface area contributed by atoms with Crippen molar-refractivity contribution in [1.29, 1.82) is 0 Å². The Kier molecular flexibility index (Phi) is 1.89. The Labute approximate surface area is 66.9 Å². The first kappa shape index (κ1) is 8.47. The van der Waals surface area contributed by atoms with Gasteiger partial charge in [0.1, 0.15) is 0 Å². The Morgan fingerprint density at radius 3 is 2.27 bits per heavy atom. The number of aliphatic hydroxyl groups is 1. The number of allylic oxidation sites excluding steroid dienone is 1. The van der Waals surface area contributed by atoms with Gasteiger partial charge in [0.15, 0.2) is 5.78 Å². The Balaban J connectivity index is 3.06. The second-order valence-corrected chi connectivity index (χ2v) is 3.75. The third kappa shape index (κ3) is 1.23. The van der Waals surface area contributed by atoms with Crippen molar-refractivity contribution >= 4 is 5.78 Å². The fourth-order valence-corrected chi connectivity index (χ4v) is 1.65. The third-order valence-electron chi connectivity index (χ3n) is 2.45. The van der Waals surface area contributed by atoms with E-state index in [-0.39, 0.29) is 17.8 Å². The summed E-state index contributed by atoms with van der Waals surface area (Å²) in [7, 11) is 0. The lowest BCUT2D eigenvalue weighted by Gasteiger charge is -2.19. The van der Waals surface area contributed by atoms with Gasteiger partial charge in [-0.05, 0) is 23.5 Å². The monoisotopic (exact) mass is 154 g/mol. The minimum absolute atomic E-state index is 0.0184. The first-order valence-corrected chi connectivity index (χ1v) is 3.83. The van der Waals surface area contributed by atoms with Crippen molar-refractivity contribution in [3.05, 3.63) is 11.1 Å². The van der Waals surface area contributed by atoms with Gasteiger partial charge in [-0.3, -0.25) is 4.79 Å². The highest BCUT2D eigenvalue weighted by Crippen LogP contribution is 2.39. The van der Waals surface area contributed by atoms with E-state index in [0.717, 1.165) is 11.1 Å². The molecule has 0 fully saturated rings. The molecule has 0 unspecified atom stereocenters. The Morgan fingerprint density at radius 2 is 2.09 bits per heavy atom. The normalized spacial score (nSPS) is 23.1. The van der Waals surface area contributed by atoms with Crippen molar-refractivity contribution < 1.29 is 9.90 Å². The standard InChI is InChI=1S/C9H14O2/c1-6-7(5-10)9(2,3)4-8(6)11/h10H,4-5H2,1-3H3. The van der Waals surface area contributed by atoms with E-state index >= 15 is 0 Å². The van der Waals surface area contributed by atoms with Crippen LogP contribution in [0.4, 0.5) is 0 Å². The molecule has 0 amide bonds. The van der Waals surface area contributed by atoms with Crippen LogP contribution in [0.3, 0.4) is 0 Å².